The number of halogens is 2. The predicted molar refractivity (Wildman–Crippen MR) is 44.5 cm³/mol. The van der Waals surface area contributed by atoms with Crippen molar-refractivity contribution in [3.63, 3.8) is 0 Å². The zero-order valence-electron chi connectivity index (χ0n) is 6.35. The molecule has 1 aliphatic rings. The fraction of sp³-hybridized carbons (Fsp3) is 0.333. The summed E-state index contributed by atoms with van der Waals surface area (Å²) in [5.74, 6) is -0.275. The molecule has 1 aliphatic carbocycles. The first-order valence-corrected chi connectivity index (χ1v) is 4.17. The maximum Gasteiger partial charge on any atom is 0.164 e. The van der Waals surface area contributed by atoms with E-state index in [0.717, 1.165) is 5.56 Å². The van der Waals surface area contributed by atoms with Crippen molar-refractivity contribution >= 4 is 11.6 Å². The summed E-state index contributed by atoms with van der Waals surface area (Å²) >= 11 is 5.78. The van der Waals surface area contributed by atoms with Crippen molar-refractivity contribution in [2.24, 2.45) is 0 Å². The van der Waals surface area contributed by atoms with Gasteiger partial charge >= 0.3 is 0 Å². The van der Waals surface area contributed by atoms with E-state index in [2.05, 4.69) is 0 Å². The molecule has 0 saturated carbocycles. The molecule has 3 heteroatoms. The van der Waals surface area contributed by atoms with Gasteiger partial charge < -0.3 is 5.11 Å². The average Bonchev–Trinajstić information content (AvgIpc) is 2.27. The van der Waals surface area contributed by atoms with E-state index in [1.54, 1.807) is 6.07 Å². The van der Waals surface area contributed by atoms with Crippen LogP contribution in [0.4, 0.5) is 4.39 Å². The molecule has 0 saturated heterocycles. The summed E-state index contributed by atoms with van der Waals surface area (Å²) in [6, 6.07) is 4.29. The quantitative estimate of drug-likeness (QED) is 0.616. The van der Waals surface area contributed by atoms with Crippen molar-refractivity contribution in [2.45, 2.75) is 17.9 Å². The Labute approximate surface area is 74.8 Å². The molecule has 1 aromatic carbocycles. The second kappa shape index (κ2) is 2.44. The topological polar surface area (TPSA) is 20.2 Å². The monoisotopic (exact) mass is 186 g/mol. The number of benzene rings is 1. The van der Waals surface area contributed by atoms with Crippen molar-refractivity contribution < 1.29 is 9.50 Å². The number of aliphatic hydroxyl groups is 1. The zero-order chi connectivity index (χ0) is 8.77. The van der Waals surface area contributed by atoms with E-state index in [-0.39, 0.29) is 5.82 Å². The molecule has 1 N–H and O–H groups in total. The Bertz CT molecular complexity index is 322. The number of aryl methyl sites for hydroxylation is 1. The third-order valence-corrected chi connectivity index (χ3v) is 2.60. The van der Waals surface area contributed by atoms with Gasteiger partial charge in [-0.05, 0) is 30.5 Å². The Hall–Kier alpha value is -0.600. The summed E-state index contributed by atoms with van der Waals surface area (Å²) in [4.78, 5) is 0. The highest BCUT2D eigenvalue weighted by Crippen LogP contribution is 2.39. The molecule has 0 radical (unpaired) electrons. The van der Waals surface area contributed by atoms with E-state index < -0.39 is 5.06 Å². The molecule has 0 spiro atoms. The summed E-state index contributed by atoms with van der Waals surface area (Å²) in [6.07, 6.45) is 1.11. The number of fused-ring (bicyclic) bond motifs is 1. The SMILES string of the molecule is OC1(Cl)CCc2cc(F)ccc21. The van der Waals surface area contributed by atoms with Gasteiger partial charge in [-0.15, -0.1) is 0 Å². The van der Waals surface area contributed by atoms with E-state index in [4.69, 9.17) is 11.6 Å². The van der Waals surface area contributed by atoms with Gasteiger partial charge in [0.2, 0.25) is 0 Å². The number of alkyl halides is 1. The lowest BCUT2D eigenvalue weighted by Gasteiger charge is -2.13. The first-order valence-electron chi connectivity index (χ1n) is 3.80. The Morgan fingerprint density at radius 1 is 1.50 bits per heavy atom. The summed E-state index contributed by atoms with van der Waals surface area (Å²) in [6.45, 7) is 0. The van der Waals surface area contributed by atoms with Crippen LogP contribution in [0.2, 0.25) is 0 Å². The summed E-state index contributed by atoms with van der Waals surface area (Å²) in [5, 5.41) is 8.31. The van der Waals surface area contributed by atoms with Gasteiger partial charge in [-0.1, -0.05) is 17.7 Å². The van der Waals surface area contributed by atoms with Gasteiger partial charge in [0.1, 0.15) is 5.82 Å². The minimum atomic E-state index is -1.27. The maximum atomic E-state index is 12.7. The van der Waals surface area contributed by atoms with Gasteiger partial charge in [0.15, 0.2) is 5.06 Å². The van der Waals surface area contributed by atoms with E-state index in [1.165, 1.54) is 12.1 Å². The lowest BCUT2D eigenvalue weighted by molar-refractivity contribution is 0.131. The second-order valence-electron chi connectivity index (χ2n) is 3.06. The van der Waals surface area contributed by atoms with Crippen LogP contribution in [0.3, 0.4) is 0 Å². The first-order chi connectivity index (χ1) is 5.59. The number of rotatable bonds is 0. The number of hydrogen-bond acceptors (Lipinski definition) is 1. The van der Waals surface area contributed by atoms with Gasteiger partial charge in [-0.25, -0.2) is 4.39 Å². The molecule has 0 amide bonds. The zero-order valence-corrected chi connectivity index (χ0v) is 7.11. The molecular weight excluding hydrogens is 179 g/mol. The Kier molecular flexibility index (Phi) is 1.63. The van der Waals surface area contributed by atoms with Gasteiger partial charge in [-0.3, -0.25) is 0 Å². The molecule has 2 rings (SSSR count). The molecule has 0 fully saturated rings. The maximum absolute atomic E-state index is 12.7. The van der Waals surface area contributed by atoms with Crippen LogP contribution in [0.1, 0.15) is 17.5 Å². The van der Waals surface area contributed by atoms with E-state index in [1.807, 2.05) is 0 Å². The van der Waals surface area contributed by atoms with Crippen LogP contribution < -0.4 is 0 Å². The van der Waals surface area contributed by atoms with Crippen molar-refractivity contribution in [1.29, 1.82) is 0 Å². The van der Waals surface area contributed by atoms with Crippen LogP contribution in [-0.2, 0) is 11.5 Å². The highest BCUT2D eigenvalue weighted by atomic mass is 35.5. The standard InChI is InChI=1S/C9H8ClFO/c10-9(12)4-3-6-5-7(11)1-2-8(6)9/h1-2,5,12H,3-4H2. The van der Waals surface area contributed by atoms with Crippen molar-refractivity contribution in [2.75, 3.05) is 0 Å². The van der Waals surface area contributed by atoms with Crippen LogP contribution in [0.5, 0.6) is 0 Å². The molecule has 64 valence electrons. The van der Waals surface area contributed by atoms with Gasteiger partial charge in [0.25, 0.3) is 0 Å². The Balaban J connectivity index is 2.55. The number of hydrogen-bond donors (Lipinski definition) is 1. The predicted octanol–water partition coefficient (Wildman–Crippen LogP) is 2.16. The van der Waals surface area contributed by atoms with E-state index in [0.29, 0.717) is 18.4 Å². The third-order valence-electron chi connectivity index (χ3n) is 2.21. The van der Waals surface area contributed by atoms with Gasteiger partial charge in [-0.2, -0.15) is 0 Å². The van der Waals surface area contributed by atoms with E-state index >= 15 is 0 Å². The van der Waals surface area contributed by atoms with Crippen LogP contribution in [0.15, 0.2) is 18.2 Å². The fourth-order valence-corrected chi connectivity index (χ4v) is 1.86. The van der Waals surface area contributed by atoms with E-state index in [9.17, 15) is 9.50 Å². The molecule has 1 nitrogen and oxygen atoms in total. The van der Waals surface area contributed by atoms with Gasteiger partial charge in [0, 0.05) is 5.56 Å². The fourth-order valence-electron chi connectivity index (χ4n) is 1.58. The largest absolute Gasteiger partial charge is 0.371 e. The molecule has 1 aromatic rings. The molecule has 12 heavy (non-hydrogen) atoms. The molecule has 0 aromatic heterocycles. The lowest BCUT2D eigenvalue weighted by Crippen LogP contribution is -2.12. The first kappa shape index (κ1) is 8.02. The van der Waals surface area contributed by atoms with Crippen molar-refractivity contribution in [1.82, 2.24) is 0 Å². The highest BCUT2D eigenvalue weighted by Gasteiger charge is 2.34. The lowest BCUT2D eigenvalue weighted by atomic mass is 10.1. The molecular formula is C9H8ClFO. The molecule has 0 aliphatic heterocycles. The van der Waals surface area contributed by atoms with Crippen LogP contribution in [-0.4, -0.2) is 5.11 Å². The average molecular weight is 187 g/mol. The van der Waals surface area contributed by atoms with Crippen LogP contribution in [0.25, 0.3) is 0 Å². The smallest absolute Gasteiger partial charge is 0.164 e. The molecule has 0 bridgehead atoms. The normalized spacial score (nSPS) is 27.2. The third kappa shape index (κ3) is 1.11. The van der Waals surface area contributed by atoms with Crippen molar-refractivity contribution in [3.8, 4) is 0 Å². The highest BCUT2D eigenvalue weighted by molar-refractivity contribution is 6.23. The Morgan fingerprint density at radius 3 is 3.00 bits per heavy atom. The minimum absolute atomic E-state index is 0.275. The molecule has 0 heterocycles. The van der Waals surface area contributed by atoms with Crippen molar-refractivity contribution in [3.05, 3.63) is 35.1 Å². The Morgan fingerprint density at radius 2 is 2.25 bits per heavy atom. The second-order valence-corrected chi connectivity index (χ2v) is 3.69. The van der Waals surface area contributed by atoms with Crippen LogP contribution in [0, 0.1) is 5.82 Å². The van der Waals surface area contributed by atoms with Crippen LogP contribution >= 0.6 is 11.6 Å². The minimum Gasteiger partial charge on any atom is -0.371 e. The molecule has 1 atom stereocenters. The summed E-state index contributed by atoms with van der Waals surface area (Å²) in [5.41, 5.74) is 1.46. The molecule has 1 unspecified atom stereocenters. The summed E-state index contributed by atoms with van der Waals surface area (Å²) in [7, 11) is 0. The summed E-state index contributed by atoms with van der Waals surface area (Å²) < 4.78 is 12.7. The van der Waals surface area contributed by atoms with Gasteiger partial charge in [0.05, 0.1) is 0 Å².